The van der Waals surface area contributed by atoms with E-state index in [0.29, 0.717) is 12.3 Å². The van der Waals surface area contributed by atoms with Gasteiger partial charge in [0, 0.05) is 12.1 Å². The van der Waals surface area contributed by atoms with Gasteiger partial charge in [0.25, 0.3) is 0 Å². The molecule has 1 atom stereocenters. The molecule has 20 heavy (non-hydrogen) atoms. The highest BCUT2D eigenvalue weighted by Gasteiger charge is 2.08. The van der Waals surface area contributed by atoms with Gasteiger partial charge in [-0.3, -0.25) is 4.79 Å². The summed E-state index contributed by atoms with van der Waals surface area (Å²) in [6.45, 7) is 10.4. The fourth-order valence-corrected chi connectivity index (χ4v) is 2.32. The van der Waals surface area contributed by atoms with Crippen LogP contribution in [0.3, 0.4) is 0 Å². The normalized spacial score (nSPS) is 12.2. The predicted octanol–water partition coefficient (Wildman–Crippen LogP) is 3.66. The van der Waals surface area contributed by atoms with Gasteiger partial charge in [-0.25, -0.2) is 0 Å². The maximum atomic E-state index is 12.0. The van der Waals surface area contributed by atoms with Crippen molar-refractivity contribution in [1.29, 1.82) is 0 Å². The van der Waals surface area contributed by atoms with E-state index in [2.05, 4.69) is 24.5 Å². The van der Waals surface area contributed by atoms with Gasteiger partial charge in [0.05, 0.1) is 0 Å². The molecular weight excluding hydrogens is 248 g/mol. The minimum absolute atomic E-state index is 0.123. The molecule has 0 aliphatic rings. The largest absolute Gasteiger partial charge is 0.326 e. The Kier molecular flexibility index (Phi) is 7.31. The van der Waals surface area contributed by atoms with Gasteiger partial charge < -0.3 is 10.6 Å². The lowest BCUT2D eigenvalue weighted by Gasteiger charge is -2.13. The molecular formula is C17H28N2O. The lowest BCUT2D eigenvalue weighted by Crippen LogP contribution is -2.21. The summed E-state index contributed by atoms with van der Waals surface area (Å²) in [5.41, 5.74) is 3.22. The van der Waals surface area contributed by atoms with Gasteiger partial charge in [0.2, 0.25) is 5.91 Å². The summed E-state index contributed by atoms with van der Waals surface area (Å²) in [7, 11) is 0. The molecule has 0 spiro atoms. The van der Waals surface area contributed by atoms with Crippen LogP contribution in [0.1, 0.15) is 44.2 Å². The van der Waals surface area contributed by atoms with Crippen molar-refractivity contribution in [2.45, 2.75) is 47.0 Å². The SMILES string of the molecule is CCNCC(C)CCCC(=O)Nc1c(C)cccc1C. The van der Waals surface area contributed by atoms with Crippen LogP contribution in [-0.2, 0) is 4.79 Å². The van der Waals surface area contributed by atoms with E-state index in [1.54, 1.807) is 0 Å². The zero-order chi connectivity index (χ0) is 15.0. The first-order valence-electron chi connectivity index (χ1n) is 7.61. The number of hydrogen-bond acceptors (Lipinski definition) is 2. The van der Waals surface area contributed by atoms with Crippen molar-refractivity contribution < 1.29 is 4.79 Å². The number of hydrogen-bond donors (Lipinski definition) is 2. The van der Waals surface area contributed by atoms with Crippen molar-refractivity contribution in [3.05, 3.63) is 29.3 Å². The first kappa shape index (κ1) is 16.7. The van der Waals surface area contributed by atoms with Crippen molar-refractivity contribution in [3.8, 4) is 0 Å². The maximum absolute atomic E-state index is 12.0. The Morgan fingerprint density at radius 1 is 1.25 bits per heavy atom. The van der Waals surface area contributed by atoms with Crippen LogP contribution in [0.15, 0.2) is 18.2 Å². The molecule has 1 amide bonds. The molecule has 3 nitrogen and oxygen atoms in total. The fraction of sp³-hybridized carbons (Fsp3) is 0.588. The Labute approximate surface area is 123 Å². The van der Waals surface area contributed by atoms with Crippen molar-refractivity contribution in [2.24, 2.45) is 5.92 Å². The highest BCUT2D eigenvalue weighted by Crippen LogP contribution is 2.20. The van der Waals surface area contributed by atoms with Crippen molar-refractivity contribution in [3.63, 3.8) is 0 Å². The summed E-state index contributed by atoms with van der Waals surface area (Å²) in [5.74, 6) is 0.751. The number of benzene rings is 1. The molecule has 0 bridgehead atoms. The fourth-order valence-electron chi connectivity index (χ4n) is 2.32. The zero-order valence-electron chi connectivity index (χ0n) is 13.3. The second kappa shape index (κ2) is 8.75. The van der Waals surface area contributed by atoms with Gasteiger partial charge in [0.1, 0.15) is 0 Å². The van der Waals surface area contributed by atoms with E-state index < -0.39 is 0 Å². The zero-order valence-corrected chi connectivity index (χ0v) is 13.3. The number of carbonyl (C=O) groups excluding carboxylic acids is 1. The number of rotatable bonds is 8. The molecule has 0 aliphatic carbocycles. The van der Waals surface area contributed by atoms with Crippen LogP contribution < -0.4 is 10.6 Å². The highest BCUT2D eigenvalue weighted by molar-refractivity contribution is 5.92. The van der Waals surface area contributed by atoms with E-state index in [0.717, 1.165) is 42.7 Å². The molecule has 0 saturated carbocycles. The van der Waals surface area contributed by atoms with Crippen molar-refractivity contribution in [1.82, 2.24) is 5.32 Å². The van der Waals surface area contributed by atoms with E-state index in [1.807, 2.05) is 32.0 Å². The minimum Gasteiger partial charge on any atom is -0.326 e. The summed E-state index contributed by atoms with van der Waals surface area (Å²) in [6, 6.07) is 6.07. The monoisotopic (exact) mass is 276 g/mol. The Balaban J connectivity index is 2.34. The molecule has 1 aromatic rings. The molecule has 112 valence electrons. The molecule has 1 rings (SSSR count). The van der Waals surface area contributed by atoms with Crippen LogP contribution in [0, 0.1) is 19.8 Å². The summed E-state index contributed by atoms with van der Waals surface area (Å²) in [5, 5.41) is 6.38. The average Bonchev–Trinajstić information content (AvgIpc) is 2.41. The van der Waals surface area contributed by atoms with Crippen molar-refractivity contribution in [2.75, 3.05) is 18.4 Å². The van der Waals surface area contributed by atoms with Crippen LogP contribution in [0.4, 0.5) is 5.69 Å². The molecule has 0 aromatic heterocycles. The third-order valence-electron chi connectivity index (χ3n) is 3.59. The maximum Gasteiger partial charge on any atom is 0.224 e. The van der Waals surface area contributed by atoms with Crippen LogP contribution in [-0.4, -0.2) is 19.0 Å². The number of amides is 1. The smallest absolute Gasteiger partial charge is 0.224 e. The molecule has 0 aliphatic heterocycles. The first-order valence-corrected chi connectivity index (χ1v) is 7.61. The molecule has 0 saturated heterocycles. The molecule has 1 aromatic carbocycles. The number of para-hydroxylation sites is 1. The third-order valence-corrected chi connectivity index (χ3v) is 3.59. The molecule has 0 heterocycles. The molecule has 0 fully saturated rings. The Bertz CT molecular complexity index is 409. The molecule has 2 N–H and O–H groups in total. The summed E-state index contributed by atoms with van der Waals surface area (Å²) in [4.78, 5) is 12.0. The van der Waals surface area contributed by atoms with E-state index >= 15 is 0 Å². The Hall–Kier alpha value is -1.35. The number of nitrogens with one attached hydrogen (secondary N) is 2. The molecule has 0 radical (unpaired) electrons. The highest BCUT2D eigenvalue weighted by atomic mass is 16.1. The van der Waals surface area contributed by atoms with Crippen LogP contribution in [0.5, 0.6) is 0 Å². The average molecular weight is 276 g/mol. The van der Waals surface area contributed by atoms with Crippen molar-refractivity contribution >= 4 is 11.6 Å². The number of carbonyl (C=O) groups is 1. The van der Waals surface area contributed by atoms with Gasteiger partial charge in [-0.2, -0.15) is 0 Å². The quantitative estimate of drug-likeness (QED) is 0.761. The Morgan fingerprint density at radius 3 is 2.50 bits per heavy atom. The summed E-state index contributed by atoms with van der Waals surface area (Å²) < 4.78 is 0. The van der Waals surface area contributed by atoms with E-state index in [4.69, 9.17) is 0 Å². The van der Waals surface area contributed by atoms with Crippen LogP contribution in [0.2, 0.25) is 0 Å². The second-order valence-corrected chi connectivity index (χ2v) is 5.62. The van der Waals surface area contributed by atoms with Gasteiger partial charge in [0.15, 0.2) is 0 Å². The number of anilines is 1. The van der Waals surface area contributed by atoms with E-state index in [1.165, 1.54) is 0 Å². The minimum atomic E-state index is 0.123. The third kappa shape index (κ3) is 5.74. The first-order chi connectivity index (χ1) is 9.54. The van der Waals surface area contributed by atoms with Crippen LogP contribution in [0.25, 0.3) is 0 Å². The van der Waals surface area contributed by atoms with E-state index in [-0.39, 0.29) is 5.91 Å². The van der Waals surface area contributed by atoms with Gasteiger partial charge in [-0.15, -0.1) is 0 Å². The summed E-state index contributed by atoms with van der Waals surface area (Å²) >= 11 is 0. The van der Waals surface area contributed by atoms with Gasteiger partial charge in [-0.1, -0.05) is 32.0 Å². The topological polar surface area (TPSA) is 41.1 Å². The second-order valence-electron chi connectivity index (χ2n) is 5.62. The Morgan fingerprint density at radius 2 is 1.90 bits per heavy atom. The number of aryl methyl sites for hydroxylation is 2. The predicted molar refractivity (Wildman–Crippen MR) is 86.1 cm³/mol. The lowest BCUT2D eigenvalue weighted by atomic mass is 10.0. The van der Waals surface area contributed by atoms with E-state index in [9.17, 15) is 4.79 Å². The standard InChI is InChI=1S/C17H28N2O/c1-5-18-12-13(2)8-6-11-16(20)19-17-14(3)9-7-10-15(17)4/h7,9-10,13,18H,5-6,8,11-12H2,1-4H3,(H,19,20). The molecule has 1 unspecified atom stereocenters. The summed E-state index contributed by atoms with van der Waals surface area (Å²) in [6.07, 6.45) is 2.64. The van der Waals surface area contributed by atoms with Gasteiger partial charge >= 0.3 is 0 Å². The van der Waals surface area contributed by atoms with Gasteiger partial charge in [-0.05, 0) is 56.8 Å². The lowest BCUT2D eigenvalue weighted by molar-refractivity contribution is -0.116. The molecule has 3 heteroatoms. The van der Waals surface area contributed by atoms with Crippen LogP contribution >= 0.6 is 0 Å².